The van der Waals surface area contributed by atoms with Crippen LogP contribution in [0.5, 0.6) is 6.01 Å². The highest BCUT2D eigenvalue weighted by Crippen LogP contribution is 2.13. The molecule has 0 aliphatic rings. The first-order chi connectivity index (χ1) is 13.1. The predicted molar refractivity (Wildman–Crippen MR) is 99.7 cm³/mol. The second-order valence-electron chi connectivity index (χ2n) is 5.97. The molecule has 0 fully saturated rings. The number of carbonyl (C=O) groups excluding carboxylic acids is 1. The highest BCUT2D eigenvalue weighted by molar-refractivity contribution is 5.73. The number of benzene rings is 1. The maximum absolute atomic E-state index is 11.1. The molecular formula is C21H19N3O3. The number of rotatable bonds is 5. The second-order valence-corrected chi connectivity index (χ2v) is 5.97. The molecule has 2 aromatic heterocycles. The van der Waals surface area contributed by atoms with Gasteiger partial charge in [0.15, 0.2) is 0 Å². The average Bonchev–Trinajstić information content (AvgIpc) is 3.19. The molecule has 0 saturated heterocycles. The van der Waals surface area contributed by atoms with Crippen LogP contribution in [-0.4, -0.2) is 15.9 Å². The molecule has 27 heavy (non-hydrogen) atoms. The van der Waals surface area contributed by atoms with Crippen LogP contribution in [0, 0.1) is 11.8 Å². The van der Waals surface area contributed by atoms with E-state index in [2.05, 4.69) is 27.1 Å². The largest absolute Gasteiger partial charge is 0.472 e. The lowest BCUT2D eigenvalue weighted by atomic mass is 10.1. The molecule has 0 aliphatic carbocycles. The summed E-state index contributed by atoms with van der Waals surface area (Å²) >= 11 is 0. The van der Waals surface area contributed by atoms with E-state index in [1.54, 1.807) is 24.9 Å². The Morgan fingerprint density at radius 3 is 2.48 bits per heavy atom. The van der Waals surface area contributed by atoms with Crippen molar-refractivity contribution in [2.24, 2.45) is 0 Å². The van der Waals surface area contributed by atoms with Gasteiger partial charge in [0, 0.05) is 30.4 Å². The fourth-order valence-corrected chi connectivity index (χ4v) is 2.37. The van der Waals surface area contributed by atoms with Gasteiger partial charge in [0.05, 0.1) is 24.1 Å². The Morgan fingerprint density at radius 1 is 1.15 bits per heavy atom. The summed E-state index contributed by atoms with van der Waals surface area (Å²) < 4.78 is 10.4. The molecule has 0 bridgehead atoms. The molecule has 0 radical (unpaired) electrons. The van der Waals surface area contributed by atoms with Gasteiger partial charge in [-0.25, -0.2) is 9.97 Å². The lowest BCUT2D eigenvalue weighted by molar-refractivity contribution is -0.119. The summed E-state index contributed by atoms with van der Waals surface area (Å²) in [5.41, 5.74) is 3.51. The van der Waals surface area contributed by atoms with Crippen LogP contribution >= 0.6 is 0 Å². The van der Waals surface area contributed by atoms with Crippen LogP contribution in [0.1, 0.15) is 42.1 Å². The number of amides is 1. The minimum atomic E-state index is -0.0523. The summed E-state index contributed by atoms with van der Waals surface area (Å²) in [7, 11) is 0. The zero-order chi connectivity index (χ0) is 19.1. The third kappa shape index (κ3) is 5.44. The van der Waals surface area contributed by atoms with Crippen LogP contribution in [0.15, 0.2) is 59.7 Å². The number of hydrogen-bond donors (Lipinski definition) is 1. The molecule has 0 saturated carbocycles. The molecule has 1 aromatic carbocycles. The molecule has 6 nitrogen and oxygen atoms in total. The summed E-state index contributed by atoms with van der Waals surface area (Å²) in [6.45, 7) is 3.80. The molecule has 3 aromatic rings. The normalized spacial score (nSPS) is 11.2. The lowest BCUT2D eigenvalue weighted by Crippen LogP contribution is -2.23. The Kier molecular flexibility index (Phi) is 5.85. The second kappa shape index (κ2) is 8.68. The van der Waals surface area contributed by atoms with E-state index in [1.165, 1.54) is 6.92 Å². The summed E-state index contributed by atoms with van der Waals surface area (Å²) in [5, 5.41) is 2.85. The van der Waals surface area contributed by atoms with Crippen molar-refractivity contribution < 1.29 is 13.9 Å². The van der Waals surface area contributed by atoms with Gasteiger partial charge >= 0.3 is 6.01 Å². The van der Waals surface area contributed by atoms with E-state index in [9.17, 15) is 4.79 Å². The van der Waals surface area contributed by atoms with Crippen molar-refractivity contribution in [1.29, 1.82) is 0 Å². The Bertz CT molecular complexity index is 937. The topological polar surface area (TPSA) is 77.2 Å². The number of aromatic nitrogens is 2. The van der Waals surface area contributed by atoms with E-state index < -0.39 is 0 Å². The third-order valence-electron chi connectivity index (χ3n) is 3.76. The highest BCUT2D eigenvalue weighted by Gasteiger charge is 2.05. The zero-order valence-corrected chi connectivity index (χ0v) is 15.1. The summed E-state index contributed by atoms with van der Waals surface area (Å²) in [5.74, 6) is 6.04. The van der Waals surface area contributed by atoms with Crippen molar-refractivity contribution in [3.63, 3.8) is 0 Å². The van der Waals surface area contributed by atoms with E-state index in [1.807, 2.05) is 37.3 Å². The number of hydrogen-bond acceptors (Lipinski definition) is 5. The van der Waals surface area contributed by atoms with Crippen LogP contribution in [0.3, 0.4) is 0 Å². The molecule has 1 N–H and O–H groups in total. The number of furan rings is 1. The number of carbonyl (C=O) groups is 1. The van der Waals surface area contributed by atoms with Gasteiger partial charge in [-0.15, -0.1) is 0 Å². The van der Waals surface area contributed by atoms with Crippen molar-refractivity contribution in [3.05, 3.63) is 77.5 Å². The molecule has 2 heterocycles. The predicted octanol–water partition coefficient (Wildman–Crippen LogP) is 3.25. The van der Waals surface area contributed by atoms with Crippen molar-refractivity contribution in [3.8, 4) is 17.9 Å². The van der Waals surface area contributed by atoms with Crippen LogP contribution in [0.4, 0.5) is 0 Å². The van der Waals surface area contributed by atoms with E-state index in [-0.39, 0.29) is 18.0 Å². The van der Waals surface area contributed by atoms with Gasteiger partial charge in [0.1, 0.15) is 6.61 Å². The van der Waals surface area contributed by atoms with Crippen molar-refractivity contribution in [2.45, 2.75) is 26.5 Å². The Morgan fingerprint density at radius 2 is 1.85 bits per heavy atom. The van der Waals surface area contributed by atoms with Crippen LogP contribution in [-0.2, 0) is 11.4 Å². The zero-order valence-electron chi connectivity index (χ0n) is 15.1. The van der Waals surface area contributed by atoms with Gasteiger partial charge in [0.2, 0.25) is 5.91 Å². The summed E-state index contributed by atoms with van der Waals surface area (Å²) in [4.78, 5) is 19.4. The van der Waals surface area contributed by atoms with Gasteiger partial charge in [-0.2, -0.15) is 0 Å². The maximum atomic E-state index is 11.1. The SMILES string of the molecule is CC(=O)N[C@@H](C)c1ccc(C#Cc2cnc(OCc3ccoc3)nc2)cc1. The Labute approximate surface area is 157 Å². The minimum absolute atomic E-state index is 0.0347. The molecule has 136 valence electrons. The summed E-state index contributed by atoms with van der Waals surface area (Å²) in [6.07, 6.45) is 6.45. The molecule has 3 rings (SSSR count). The van der Waals surface area contributed by atoms with Gasteiger partial charge in [-0.3, -0.25) is 4.79 Å². The van der Waals surface area contributed by atoms with E-state index in [0.717, 1.165) is 16.7 Å². The van der Waals surface area contributed by atoms with E-state index in [4.69, 9.17) is 9.15 Å². The first-order valence-corrected chi connectivity index (χ1v) is 8.45. The smallest absolute Gasteiger partial charge is 0.316 e. The lowest BCUT2D eigenvalue weighted by Gasteiger charge is -2.12. The molecule has 0 aliphatic heterocycles. The highest BCUT2D eigenvalue weighted by atomic mass is 16.5. The van der Waals surface area contributed by atoms with Crippen molar-refractivity contribution in [1.82, 2.24) is 15.3 Å². The first kappa shape index (κ1) is 18.2. The van der Waals surface area contributed by atoms with E-state index >= 15 is 0 Å². The first-order valence-electron chi connectivity index (χ1n) is 8.45. The fourth-order valence-electron chi connectivity index (χ4n) is 2.37. The number of ether oxygens (including phenoxy) is 1. The van der Waals surface area contributed by atoms with Crippen molar-refractivity contribution in [2.75, 3.05) is 0 Å². The maximum Gasteiger partial charge on any atom is 0.316 e. The fraction of sp³-hybridized carbons (Fsp3) is 0.190. The molecule has 1 amide bonds. The van der Waals surface area contributed by atoms with Gasteiger partial charge in [-0.05, 0) is 30.7 Å². The molecule has 0 unspecified atom stereocenters. The van der Waals surface area contributed by atoms with Crippen LogP contribution < -0.4 is 10.1 Å². The van der Waals surface area contributed by atoms with Gasteiger partial charge < -0.3 is 14.5 Å². The standard InChI is InChI=1S/C21H19N3O3/c1-15(24-16(2)25)20-7-5-17(6-8-20)3-4-18-11-22-21(23-12-18)27-14-19-9-10-26-13-19/h5-13,15H,14H2,1-2H3,(H,24,25)/t15-/m0/s1. The molecular weight excluding hydrogens is 342 g/mol. The molecule has 6 heteroatoms. The van der Waals surface area contributed by atoms with Crippen LogP contribution in [0.2, 0.25) is 0 Å². The van der Waals surface area contributed by atoms with Crippen LogP contribution in [0.25, 0.3) is 0 Å². The minimum Gasteiger partial charge on any atom is -0.472 e. The van der Waals surface area contributed by atoms with Gasteiger partial charge in [0.25, 0.3) is 0 Å². The Balaban J connectivity index is 1.59. The van der Waals surface area contributed by atoms with Gasteiger partial charge in [-0.1, -0.05) is 24.0 Å². The number of nitrogens with one attached hydrogen (secondary N) is 1. The quantitative estimate of drug-likeness (QED) is 0.706. The van der Waals surface area contributed by atoms with Crippen molar-refractivity contribution >= 4 is 5.91 Å². The Hall–Kier alpha value is -3.59. The summed E-state index contributed by atoms with van der Waals surface area (Å²) in [6, 6.07) is 9.82. The van der Waals surface area contributed by atoms with E-state index in [0.29, 0.717) is 12.2 Å². The average molecular weight is 361 g/mol. The molecule has 1 atom stereocenters. The molecule has 0 spiro atoms. The monoisotopic (exact) mass is 361 g/mol. The third-order valence-corrected chi connectivity index (χ3v) is 3.76. The number of nitrogens with zero attached hydrogens (tertiary/aromatic N) is 2.